The molecule has 0 bridgehead atoms. The van der Waals surface area contributed by atoms with E-state index in [4.69, 9.17) is 4.99 Å². The molecular formula is C24H35N5. The molecule has 0 aromatic heterocycles. The fourth-order valence-electron chi connectivity index (χ4n) is 3.74. The molecule has 0 aliphatic carbocycles. The van der Waals surface area contributed by atoms with Crippen molar-refractivity contribution < 1.29 is 0 Å². The largest absolute Gasteiger partial charge is 0.369 e. The van der Waals surface area contributed by atoms with Crippen LogP contribution in [0.4, 0.5) is 5.69 Å². The Morgan fingerprint density at radius 2 is 1.90 bits per heavy atom. The Kier molecular flexibility index (Phi) is 7.53. The summed E-state index contributed by atoms with van der Waals surface area (Å²) in [7, 11) is 4.19. The Bertz CT molecular complexity index is 797. The van der Waals surface area contributed by atoms with E-state index in [1.807, 2.05) is 0 Å². The van der Waals surface area contributed by atoms with Crippen molar-refractivity contribution in [2.75, 3.05) is 38.6 Å². The SMILES string of the molecule is CCNC(=NCc1cccc(CN(C)C)c1)NC1CCN(c2ccc(C)cc2)C1. The molecule has 1 heterocycles. The van der Waals surface area contributed by atoms with Gasteiger partial charge in [-0.25, -0.2) is 4.99 Å². The number of benzene rings is 2. The van der Waals surface area contributed by atoms with Crippen molar-refractivity contribution in [3.63, 3.8) is 0 Å². The maximum atomic E-state index is 4.84. The molecule has 156 valence electrons. The summed E-state index contributed by atoms with van der Waals surface area (Å²) >= 11 is 0. The van der Waals surface area contributed by atoms with Gasteiger partial charge in [-0.2, -0.15) is 0 Å². The van der Waals surface area contributed by atoms with E-state index in [1.54, 1.807) is 0 Å². The van der Waals surface area contributed by atoms with Crippen molar-refractivity contribution in [2.45, 2.75) is 39.4 Å². The highest BCUT2D eigenvalue weighted by Crippen LogP contribution is 2.20. The predicted octanol–water partition coefficient (Wildman–Crippen LogP) is 3.39. The van der Waals surface area contributed by atoms with Crippen molar-refractivity contribution in [3.8, 4) is 0 Å². The van der Waals surface area contributed by atoms with Crippen LogP contribution < -0.4 is 15.5 Å². The Hall–Kier alpha value is -2.53. The van der Waals surface area contributed by atoms with E-state index in [0.29, 0.717) is 12.6 Å². The van der Waals surface area contributed by atoms with E-state index in [1.165, 1.54) is 22.4 Å². The lowest BCUT2D eigenvalue weighted by Gasteiger charge is -2.20. The van der Waals surface area contributed by atoms with Gasteiger partial charge in [0.05, 0.1) is 6.54 Å². The molecule has 0 saturated carbocycles. The average Bonchev–Trinajstić information content (AvgIpc) is 3.15. The van der Waals surface area contributed by atoms with Gasteiger partial charge < -0.3 is 20.4 Å². The van der Waals surface area contributed by atoms with Crippen LogP contribution in [0.25, 0.3) is 0 Å². The van der Waals surface area contributed by atoms with Crippen molar-refractivity contribution in [3.05, 3.63) is 65.2 Å². The molecule has 0 radical (unpaired) electrons. The van der Waals surface area contributed by atoms with Gasteiger partial charge in [0.2, 0.25) is 0 Å². The molecule has 2 aromatic rings. The number of rotatable bonds is 7. The van der Waals surface area contributed by atoms with Crippen LogP contribution in [-0.4, -0.2) is 50.6 Å². The van der Waals surface area contributed by atoms with Crippen molar-refractivity contribution >= 4 is 11.6 Å². The maximum absolute atomic E-state index is 4.84. The normalized spacial score (nSPS) is 17.1. The molecule has 1 aliphatic rings. The minimum Gasteiger partial charge on any atom is -0.369 e. The summed E-state index contributed by atoms with van der Waals surface area (Å²) in [5.74, 6) is 0.904. The molecule has 0 spiro atoms. The summed E-state index contributed by atoms with van der Waals surface area (Å²) in [6, 6.07) is 17.9. The predicted molar refractivity (Wildman–Crippen MR) is 124 cm³/mol. The molecule has 2 N–H and O–H groups in total. The summed E-state index contributed by atoms with van der Waals surface area (Å²) in [6.45, 7) is 8.83. The highest BCUT2D eigenvalue weighted by atomic mass is 15.2. The summed E-state index contributed by atoms with van der Waals surface area (Å²) in [6.07, 6.45) is 1.12. The first-order valence-electron chi connectivity index (χ1n) is 10.6. The first kappa shape index (κ1) is 21.2. The van der Waals surface area contributed by atoms with Gasteiger partial charge >= 0.3 is 0 Å². The monoisotopic (exact) mass is 393 g/mol. The first-order valence-corrected chi connectivity index (χ1v) is 10.6. The van der Waals surface area contributed by atoms with Gasteiger partial charge in [0, 0.05) is 37.9 Å². The van der Waals surface area contributed by atoms with Crippen LogP contribution in [0.3, 0.4) is 0 Å². The van der Waals surface area contributed by atoms with E-state index < -0.39 is 0 Å². The second-order valence-electron chi connectivity index (χ2n) is 8.16. The Morgan fingerprint density at radius 3 is 2.62 bits per heavy atom. The quantitative estimate of drug-likeness (QED) is 0.559. The van der Waals surface area contributed by atoms with E-state index >= 15 is 0 Å². The zero-order valence-corrected chi connectivity index (χ0v) is 18.3. The number of aryl methyl sites for hydroxylation is 1. The van der Waals surface area contributed by atoms with Crippen LogP contribution in [0, 0.1) is 6.92 Å². The van der Waals surface area contributed by atoms with E-state index in [2.05, 4.69) is 96.9 Å². The van der Waals surface area contributed by atoms with Crippen molar-refractivity contribution in [1.82, 2.24) is 15.5 Å². The number of guanidine groups is 1. The molecular weight excluding hydrogens is 358 g/mol. The van der Waals surface area contributed by atoms with Crippen LogP contribution in [0.5, 0.6) is 0 Å². The molecule has 0 amide bonds. The topological polar surface area (TPSA) is 42.9 Å². The van der Waals surface area contributed by atoms with Gasteiger partial charge in [-0.05, 0) is 57.6 Å². The highest BCUT2D eigenvalue weighted by molar-refractivity contribution is 5.80. The Balaban J connectivity index is 1.59. The van der Waals surface area contributed by atoms with Crippen LogP contribution in [0.2, 0.25) is 0 Å². The molecule has 1 atom stereocenters. The third kappa shape index (κ3) is 6.50. The molecule has 29 heavy (non-hydrogen) atoms. The van der Waals surface area contributed by atoms with E-state index in [9.17, 15) is 0 Å². The fourth-order valence-corrected chi connectivity index (χ4v) is 3.74. The van der Waals surface area contributed by atoms with Crippen LogP contribution in [-0.2, 0) is 13.1 Å². The minimum atomic E-state index is 0.411. The van der Waals surface area contributed by atoms with Gasteiger partial charge in [-0.1, -0.05) is 42.0 Å². The molecule has 1 saturated heterocycles. The van der Waals surface area contributed by atoms with Gasteiger partial charge in [-0.3, -0.25) is 0 Å². The van der Waals surface area contributed by atoms with Crippen molar-refractivity contribution in [1.29, 1.82) is 0 Å². The maximum Gasteiger partial charge on any atom is 0.191 e. The number of anilines is 1. The van der Waals surface area contributed by atoms with Crippen LogP contribution >= 0.6 is 0 Å². The van der Waals surface area contributed by atoms with Crippen LogP contribution in [0.1, 0.15) is 30.0 Å². The third-order valence-electron chi connectivity index (χ3n) is 5.18. The number of aliphatic imine (C=N–C) groups is 1. The third-order valence-corrected chi connectivity index (χ3v) is 5.18. The van der Waals surface area contributed by atoms with Gasteiger partial charge in [-0.15, -0.1) is 0 Å². The second kappa shape index (κ2) is 10.3. The number of hydrogen-bond acceptors (Lipinski definition) is 3. The minimum absolute atomic E-state index is 0.411. The lowest BCUT2D eigenvalue weighted by molar-refractivity contribution is 0.402. The zero-order valence-electron chi connectivity index (χ0n) is 18.3. The number of hydrogen-bond donors (Lipinski definition) is 2. The molecule has 3 rings (SSSR count). The summed E-state index contributed by atoms with van der Waals surface area (Å²) in [5, 5.41) is 7.03. The fraction of sp³-hybridized carbons (Fsp3) is 0.458. The van der Waals surface area contributed by atoms with Gasteiger partial charge in [0.1, 0.15) is 0 Å². The zero-order chi connectivity index (χ0) is 20.6. The standard InChI is InChI=1S/C24H35N5/c1-5-25-24(26-16-20-7-6-8-21(15-20)17-28(3)4)27-22-13-14-29(18-22)23-11-9-19(2)10-12-23/h6-12,15,22H,5,13-14,16-18H2,1-4H3,(H2,25,26,27). The van der Waals surface area contributed by atoms with E-state index in [0.717, 1.165) is 38.6 Å². The molecule has 1 aliphatic heterocycles. The second-order valence-corrected chi connectivity index (χ2v) is 8.16. The van der Waals surface area contributed by atoms with E-state index in [-0.39, 0.29) is 0 Å². The summed E-state index contributed by atoms with van der Waals surface area (Å²) in [5.41, 5.74) is 5.18. The Labute approximate surface area is 175 Å². The summed E-state index contributed by atoms with van der Waals surface area (Å²) in [4.78, 5) is 9.48. The lowest BCUT2D eigenvalue weighted by Crippen LogP contribution is -2.44. The Morgan fingerprint density at radius 1 is 1.14 bits per heavy atom. The first-order chi connectivity index (χ1) is 14.0. The molecule has 5 heteroatoms. The molecule has 2 aromatic carbocycles. The highest BCUT2D eigenvalue weighted by Gasteiger charge is 2.23. The molecule has 1 fully saturated rings. The van der Waals surface area contributed by atoms with Gasteiger partial charge in [0.25, 0.3) is 0 Å². The molecule has 5 nitrogen and oxygen atoms in total. The van der Waals surface area contributed by atoms with Crippen molar-refractivity contribution in [2.24, 2.45) is 4.99 Å². The molecule has 1 unspecified atom stereocenters. The number of nitrogens with one attached hydrogen (secondary N) is 2. The average molecular weight is 394 g/mol. The number of nitrogens with zero attached hydrogens (tertiary/aromatic N) is 3. The van der Waals surface area contributed by atoms with Crippen LogP contribution in [0.15, 0.2) is 53.5 Å². The smallest absolute Gasteiger partial charge is 0.191 e. The summed E-state index contributed by atoms with van der Waals surface area (Å²) < 4.78 is 0. The van der Waals surface area contributed by atoms with Gasteiger partial charge in [0.15, 0.2) is 5.96 Å². The lowest BCUT2D eigenvalue weighted by atomic mass is 10.1.